The summed E-state index contributed by atoms with van der Waals surface area (Å²) in [5.74, 6) is -1.53. The van der Waals surface area contributed by atoms with Crippen LogP contribution >= 0.6 is 11.8 Å². The first-order valence-corrected chi connectivity index (χ1v) is 8.95. The van der Waals surface area contributed by atoms with Crippen molar-refractivity contribution < 1.29 is 22.4 Å². The van der Waals surface area contributed by atoms with Crippen LogP contribution in [0, 0.1) is 0 Å². The zero-order valence-corrected chi connectivity index (χ0v) is 14.2. The van der Waals surface area contributed by atoms with Crippen molar-refractivity contribution in [1.29, 1.82) is 0 Å². The Balaban J connectivity index is 1.37. The number of benzene rings is 1. The molecule has 2 bridgehead atoms. The van der Waals surface area contributed by atoms with E-state index < -0.39 is 12.1 Å². The van der Waals surface area contributed by atoms with Crippen molar-refractivity contribution in [2.45, 2.75) is 53.7 Å². The van der Waals surface area contributed by atoms with Crippen molar-refractivity contribution in [1.82, 2.24) is 20.8 Å². The molecule has 6 nitrogen and oxygen atoms in total. The monoisotopic (exact) mass is 384 g/mol. The van der Waals surface area contributed by atoms with Crippen molar-refractivity contribution in [2.24, 2.45) is 0 Å². The summed E-state index contributed by atoms with van der Waals surface area (Å²) < 4.78 is 41.9. The summed E-state index contributed by atoms with van der Waals surface area (Å²) in [6, 6.07) is 7.51. The fraction of sp³-hybridized carbons (Fsp3) is 0.438. The summed E-state index contributed by atoms with van der Waals surface area (Å²) in [6.07, 6.45) is -1.48. The van der Waals surface area contributed by atoms with Gasteiger partial charge in [-0.1, -0.05) is 0 Å². The van der Waals surface area contributed by atoms with Crippen molar-refractivity contribution in [3.63, 3.8) is 0 Å². The molecule has 4 rings (SSSR count). The number of carbonyl (C=O) groups is 1. The molecule has 2 aromatic rings. The van der Waals surface area contributed by atoms with Crippen molar-refractivity contribution >= 4 is 17.7 Å². The second-order valence-corrected chi connectivity index (χ2v) is 7.39. The van der Waals surface area contributed by atoms with Crippen LogP contribution in [-0.2, 0) is 6.18 Å². The summed E-state index contributed by atoms with van der Waals surface area (Å²) in [4.78, 5) is 12.9. The number of nitrogens with zero attached hydrogens (tertiary/aromatic N) is 2. The van der Waals surface area contributed by atoms with Gasteiger partial charge in [0, 0.05) is 28.6 Å². The molecule has 2 aliphatic heterocycles. The number of hydrogen-bond donors (Lipinski definition) is 2. The van der Waals surface area contributed by atoms with Crippen LogP contribution in [0.25, 0.3) is 0 Å². The third-order valence-electron chi connectivity index (χ3n) is 4.59. The van der Waals surface area contributed by atoms with Gasteiger partial charge in [-0.15, -0.1) is 10.2 Å². The lowest BCUT2D eigenvalue weighted by molar-refractivity contribution is -0.158. The lowest BCUT2D eigenvalue weighted by Crippen LogP contribution is -2.42. The molecule has 3 heterocycles. The van der Waals surface area contributed by atoms with Crippen molar-refractivity contribution in [3.05, 3.63) is 35.7 Å². The number of nitrogens with one attached hydrogen (secondary N) is 2. The SMILES string of the molecule is O=C(NC1CC2CCC1N2)c1ccc(Sc2nnc(C(F)(F)F)o2)cc1. The maximum absolute atomic E-state index is 12.5. The fourth-order valence-electron chi connectivity index (χ4n) is 3.38. The van der Waals surface area contributed by atoms with Crippen molar-refractivity contribution in [2.75, 3.05) is 0 Å². The quantitative estimate of drug-likeness (QED) is 0.844. The maximum atomic E-state index is 12.5. The molecular weight excluding hydrogens is 369 g/mol. The molecule has 1 aromatic carbocycles. The third-order valence-corrected chi connectivity index (χ3v) is 5.43. The molecule has 2 saturated heterocycles. The van der Waals surface area contributed by atoms with Crippen LogP contribution in [0.15, 0.2) is 38.8 Å². The van der Waals surface area contributed by atoms with E-state index in [9.17, 15) is 18.0 Å². The molecular formula is C16H15F3N4O2S. The van der Waals surface area contributed by atoms with Crippen molar-refractivity contribution in [3.8, 4) is 0 Å². The van der Waals surface area contributed by atoms with Gasteiger partial charge in [0.05, 0.1) is 0 Å². The van der Waals surface area contributed by atoms with Gasteiger partial charge in [0.25, 0.3) is 11.1 Å². The average molecular weight is 384 g/mol. The number of hydrogen-bond acceptors (Lipinski definition) is 6. The Labute approximate surface area is 150 Å². The molecule has 1 aromatic heterocycles. The van der Waals surface area contributed by atoms with Crippen LogP contribution in [0.2, 0.25) is 0 Å². The Morgan fingerprint density at radius 2 is 2.00 bits per heavy atom. The minimum absolute atomic E-state index is 0.148. The van der Waals surface area contributed by atoms with E-state index in [2.05, 4.69) is 25.2 Å². The topological polar surface area (TPSA) is 80.0 Å². The molecule has 0 radical (unpaired) electrons. The number of carbonyl (C=O) groups excluding carboxylic acids is 1. The van der Waals surface area contributed by atoms with Gasteiger partial charge in [-0.25, -0.2) is 0 Å². The Morgan fingerprint density at radius 3 is 2.58 bits per heavy atom. The van der Waals surface area contributed by atoms with Gasteiger partial charge in [0.2, 0.25) is 0 Å². The highest BCUT2D eigenvalue weighted by molar-refractivity contribution is 7.99. The molecule has 0 spiro atoms. The maximum Gasteiger partial charge on any atom is 0.470 e. The zero-order valence-electron chi connectivity index (χ0n) is 13.4. The van der Waals surface area contributed by atoms with Crippen LogP contribution in [-0.4, -0.2) is 34.2 Å². The molecule has 0 saturated carbocycles. The van der Waals surface area contributed by atoms with Gasteiger partial charge in [-0.3, -0.25) is 4.79 Å². The minimum Gasteiger partial charge on any atom is -0.407 e. The first-order chi connectivity index (χ1) is 12.4. The largest absolute Gasteiger partial charge is 0.470 e. The van der Waals surface area contributed by atoms with E-state index in [0.717, 1.165) is 31.0 Å². The Morgan fingerprint density at radius 1 is 1.23 bits per heavy atom. The van der Waals surface area contributed by atoms with E-state index in [1.807, 2.05) is 0 Å². The number of fused-ring (bicyclic) bond motifs is 2. The molecule has 3 atom stereocenters. The second-order valence-electron chi connectivity index (χ2n) is 6.36. The summed E-state index contributed by atoms with van der Waals surface area (Å²) >= 11 is 0.906. The fourth-order valence-corrected chi connectivity index (χ4v) is 4.05. The van der Waals surface area contributed by atoms with E-state index in [0.29, 0.717) is 22.5 Å². The van der Waals surface area contributed by atoms with Gasteiger partial charge in [0.1, 0.15) is 0 Å². The first-order valence-electron chi connectivity index (χ1n) is 8.14. The van der Waals surface area contributed by atoms with Gasteiger partial charge >= 0.3 is 12.1 Å². The van der Waals surface area contributed by atoms with Crippen LogP contribution in [0.4, 0.5) is 13.2 Å². The average Bonchev–Trinajstić information content (AvgIpc) is 3.31. The summed E-state index contributed by atoms with van der Waals surface area (Å²) in [5, 5.41) is 12.6. The molecule has 0 aliphatic carbocycles. The summed E-state index contributed by atoms with van der Waals surface area (Å²) in [6.45, 7) is 0. The lowest BCUT2D eigenvalue weighted by atomic mass is 9.95. The molecule has 2 N–H and O–H groups in total. The Kier molecular flexibility index (Phi) is 4.39. The third kappa shape index (κ3) is 3.56. The minimum atomic E-state index is -4.66. The zero-order chi connectivity index (χ0) is 18.3. The smallest absolute Gasteiger partial charge is 0.407 e. The molecule has 3 unspecified atom stereocenters. The van der Waals surface area contributed by atoms with Crippen LogP contribution < -0.4 is 10.6 Å². The van der Waals surface area contributed by atoms with E-state index in [-0.39, 0.29) is 17.2 Å². The predicted octanol–water partition coefficient (Wildman–Crippen LogP) is 2.86. The first kappa shape index (κ1) is 17.3. The molecule has 2 aliphatic rings. The van der Waals surface area contributed by atoms with Gasteiger partial charge in [0.15, 0.2) is 0 Å². The molecule has 138 valence electrons. The number of alkyl halides is 3. The number of amides is 1. The van der Waals surface area contributed by atoms with Crippen LogP contribution in [0.5, 0.6) is 0 Å². The standard InChI is InChI=1S/C16H15F3N4O2S/c17-16(18,19)14-22-23-15(25-14)26-10-4-1-8(2-5-10)13(24)21-12-7-9-3-6-11(12)20-9/h1-2,4-5,9,11-12,20H,3,6-7H2,(H,21,24). The lowest BCUT2D eigenvalue weighted by Gasteiger charge is -2.21. The van der Waals surface area contributed by atoms with Gasteiger partial charge in [-0.2, -0.15) is 13.2 Å². The Bertz CT molecular complexity index is 809. The number of halogens is 3. The molecule has 26 heavy (non-hydrogen) atoms. The second kappa shape index (κ2) is 6.58. The summed E-state index contributed by atoms with van der Waals surface area (Å²) in [5.41, 5.74) is 0.499. The van der Waals surface area contributed by atoms with E-state index in [4.69, 9.17) is 0 Å². The number of rotatable bonds is 4. The van der Waals surface area contributed by atoms with Gasteiger partial charge < -0.3 is 15.1 Å². The predicted molar refractivity (Wildman–Crippen MR) is 85.7 cm³/mol. The number of aromatic nitrogens is 2. The molecule has 1 amide bonds. The van der Waals surface area contributed by atoms with Crippen LogP contribution in [0.1, 0.15) is 35.5 Å². The molecule has 10 heteroatoms. The Hall–Kier alpha value is -2.07. The highest BCUT2D eigenvalue weighted by atomic mass is 32.2. The summed E-state index contributed by atoms with van der Waals surface area (Å²) in [7, 11) is 0. The van der Waals surface area contributed by atoms with Crippen LogP contribution in [0.3, 0.4) is 0 Å². The van der Waals surface area contributed by atoms with E-state index in [1.54, 1.807) is 24.3 Å². The normalized spacial score (nSPS) is 24.8. The van der Waals surface area contributed by atoms with E-state index >= 15 is 0 Å². The van der Waals surface area contributed by atoms with Gasteiger partial charge in [-0.05, 0) is 55.3 Å². The molecule has 2 fully saturated rings. The van der Waals surface area contributed by atoms with E-state index in [1.165, 1.54) is 0 Å². The highest BCUT2D eigenvalue weighted by Crippen LogP contribution is 2.33. The highest BCUT2D eigenvalue weighted by Gasteiger charge is 2.40.